The quantitative estimate of drug-likeness (QED) is 0.895. The number of hydrogen-bond donors (Lipinski definition) is 2. The maximum Gasteiger partial charge on any atom is 0.247 e. The molecule has 5 heteroatoms. The number of nitrogens with zero attached hydrogens (tertiary/aromatic N) is 1. The van der Waals surface area contributed by atoms with E-state index in [9.17, 15) is 4.79 Å². The van der Waals surface area contributed by atoms with Gasteiger partial charge in [0.15, 0.2) is 0 Å². The van der Waals surface area contributed by atoms with Crippen LogP contribution < -0.4 is 10.6 Å². The Bertz CT molecular complexity index is 760. The molecule has 1 unspecified atom stereocenters. The van der Waals surface area contributed by atoms with Crippen molar-refractivity contribution < 1.29 is 4.79 Å². The van der Waals surface area contributed by atoms with Gasteiger partial charge in [-0.25, -0.2) is 0 Å². The van der Waals surface area contributed by atoms with Gasteiger partial charge in [0.2, 0.25) is 5.91 Å². The van der Waals surface area contributed by atoms with Crippen LogP contribution in [0, 0.1) is 11.3 Å². The molecule has 1 atom stereocenters. The lowest BCUT2D eigenvalue weighted by Gasteiger charge is -2.22. The third-order valence-electron chi connectivity index (χ3n) is 4.18. The molecule has 3 rings (SSSR count). The molecule has 0 aliphatic heterocycles. The van der Waals surface area contributed by atoms with Gasteiger partial charge in [0.05, 0.1) is 5.56 Å². The predicted molar refractivity (Wildman–Crippen MR) is 93.8 cm³/mol. The topological polar surface area (TPSA) is 64.9 Å². The van der Waals surface area contributed by atoms with Gasteiger partial charge in [0.1, 0.15) is 17.1 Å². The lowest BCUT2D eigenvalue weighted by Crippen LogP contribution is -2.32. The van der Waals surface area contributed by atoms with Gasteiger partial charge in [-0.1, -0.05) is 12.1 Å². The van der Waals surface area contributed by atoms with Gasteiger partial charge in [-0.15, -0.1) is 11.3 Å². The van der Waals surface area contributed by atoms with Crippen LogP contribution in [0.1, 0.15) is 36.5 Å². The Hall–Kier alpha value is -2.32. The molecule has 2 N–H and O–H groups in total. The van der Waals surface area contributed by atoms with E-state index < -0.39 is 0 Å². The Balaban J connectivity index is 1.71. The van der Waals surface area contributed by atoms with E-state index in [0.717, 1.165) is 18.5 Å². The largest absolute Gasteiger partial charge is 0.374 e. The van der Waals surface area contributed by atoms with Crippen molar-refractivity contribution in [2.75, 3.05) is 10.6 Å². The van der Waals surface area contributed by atoms with E-state index in [-0.39, 0.29) is 11.9 Å². The number of carbonyl (C=O) groups is 1. The molecule has 0 saturated carbocycles. The summed E-state index contributed by atoms with van der Waals surface area (Å²) in [5.41, 5.74) is 4.29. The van der Waals surface area contributed by atoms with E-state index in [4.69, 9.17) is 5.26 Å². The monoisotopic (exact) mass is 325 g/mol. The SMILES string of the molecule is CC(Nc1cccc2c1CCCC2)C(=O)Nc1sccc1C#N. The molecule has 1 aliphatic rings. The summed E-state index contributed by atoms with van der Waals surface area (Å²) in [6, 6.07) is 9.70. The standard InChI is InChI=1S/C18H19N3OS/c1-12(17(22)21-18-14(11-19)9-10-23-18)20-16-8-4-6-13-5-2-3-7-15(13)16/h4,6,8-10,12,20H,2-3,5,7H2,1H3,(H,21,22). The zero-order valence-electron chi connectivity index (χ0n) is 13.1. The maximum atomic E-state index is 12.4. The Labute approximate surface area is 140 Å². The number of aryl methyl sites for hydroxylation is 1. The van der Waals surface area contributed by atoms with Crippen molar-refractivity contribution in [3.63, 3.8) is 0 Å². The second-order valence-electron chi connectivity index (χ2n) is 5.78. The molecule has 0 radical (unpaired) electrons. The lowest BCUT2D eigenvalue weighted by atomic mass is 9.90. The molecule has 1 aliphatic carbocycles. The number of thiophene rings is 1. The van der Waals surface area contributed by atoms with Crippen LogP contribution in [0.4, 0.5) is 10.7 Å². The Morgan fingerprint density at radius 3 is 2.96 bits per heavy atom. The number of anilines is 2. The van der Waals surface area contributed by atoms with Crippen LogP contribution >= 0.6 is 11.3 Å². The summed E-state index contributed by atoms with van der Waals surface area (Å²) in [7, 11) is 0. The van der Waals surface area contributed by atoms with Gasteiger partial charge in [-0.3, -0.25) is 4.79 Å². The molecule has 0 bridgehead atoms. The summed E-state index contributed by atoms with van der Waals surface area (Å²) >= 11 is 1.37. The van der Waals surface area contributed by atoms with Crippen LogP contribution in [-0.2, 0) is 17.6 Å². The smallest absolute Gasteiger partial charge is 0.247 e. The molecule has 0 spiro atoms. The van der Waals surface area contributed by atoms with E-state index in [1.807, 2.05) is 19.1 Å². The van der Waals surface area contributed by atoms with Gasteiger partial charge in [0, 0.05) is 5.69 Å². The van der Waals surface area contributed by atoms with Crippen molar-refractivity contribution >= 4 is 27.9 Å². The number of hydrogen-bond acceptors (Lipinski definition) is 4. The van der Waals surface area contributed by atoms with Gasteiger partial charge < -0.3 is 10.6 Å². The summed E-state index contributed by atoms with van der Waals surface area (Å²) < 4.78 is 0. The number of nitriles is 1. The van der Waals surface area contributed by atoms with Crippen LogP contribution in [0.15, 0.2) is 29.6 Å². The highest BCUT2D eigenvalue weighted by molar-refractivity contribution is 7.14. The molecule has 0 fully saturated rings. The summed E-state index contributed by atoms with van der Waals surface area (Å²) in [4.78, 5) is 12.4. The molecule has 2 aromatic rings. The second kappa shape index (κ2) is 6.84. The number of benzene rings is 1. The number of rotatable bonds is 4. The van der Waals surface area contributed by atoms with Gasteiger partial charge >= 0.3 is 0 Å². The van der Waals surface area contributed by atoms with Crippen molar-refractivity contribution in [3.05, 3.63) is 46.3 Å². The van der Waals surface area contributed by atoms with Crippen molar-refractivity contribution in [1.29, 1.82) is 5.26 Å². The average Bonchev–Trinajstić information content (AvgIpc) is 3.02. The fraction of sp³-hybridized carbons (Fsp3) is 0.333. The molecule has 1 amide bonds. The third-order valence-corrected chi connectivity index (χ3v) is 5.01. The first-order valence-corrected chi connectivity index (χ1v) is 8.73. The first-order valence-electron chi connectivity index (χ1n) is 7.85. The average molecular weight is 325 g/mol. The molecule has 1 aromatic heterocycles. The molecule has 1 heterocycles. The summed E-state index contributed by atoms with van der Waals surface area (Å²) in [5, 5.41) is 17.6. The molecule has 0 saturated heterocycles. The Morgan fingerprint density at radius 1 is 1.30 bits per heavy atom. The normalized spacial score (nSPS) is 14.4. The summed E-state index contributed by atoms with van der Waals surface area (Å²) in [5.74, 6) is -0.127. The van der Waals surface area contributed by atoms with E-state index >= 15 is 0 Å². The van der Waals surface area contributed by atoms with Crippen molar-refractivity contribution in [1.82, 2.24) is 0 Å². The van der Waals surface area contributed by atoms with E-state index in [2.05, 4.69) is 22.8 Å². The van der Waals surface area contributed by atoms with Crippen LogP contribution in [0.3, 0.4) is 0 Å². The first kappa shape index (κ1) is 15.6. The molecule has 23 heavy (non-hydrogen) atoms. The fourth-order valence-electron chi connectivity index (χ4n) is 2.93. The van der Waals surface area contributed by atoms with Crippen molar-refractivity contribution in [2.24, 2.45) is 0 Å². The molecule has 4 nitrogen and oxygen atoms in total. The first-order chi connectivity index (χ1) is 11.2. The highest BCUT2D eigenvalue weighted by Gasteiger charge is 2.18. The second-order valence-corrected chi connectivity index (χ2v) is 6.70. The van der Waals surface area contributed by atoms with Crippen LogP contribution in [0.25, 0.3) is 0 Å². The maximum absolute atomic E-state index is 12.4. The molecular weight excluding hydrogens is 306 g/mol. The van der Waals surface area contributed by atoms with Crippen LogP contribution in [0.2, 0.25) is 0 Å². The molecular formula is C18H19N3OS. The third kappa shape index (κ3) is 3.38. The Morgan fingerprint density at radius 2 is 2.13 bits per heavy atom. The minimum atomic E-state index is -0.364. The fourth-order valence-corrected chi connectivity index (χ4v) is 3.67. The van der Waals surface area contributed by atoms with Crippen LogP contribution in [0.5, 0.6) is 0 Å². The van der Waals surface area contributed by atoms with Crippen molar-refractivity contribution in [3.8, 4) is 6.07 Å². The number of carbonyl (C=O) groups excluding carboxylic acids is 1. The molecule has 1 aromatic carbocycles. The highest BCUT2D eigenvalue weighted by atomic mass is 32.1. The van der Waals surface area contributed by atoms with Gasteiger partial charge in [-0.05, 0) is 61.2 Å². The zero-order valence-corrected chi connectivity index (χ0v) is 13.9. The number of nitrogens with one attached hydrogen (secondary N) is 2. The van der Waals surface area contributed by atoms with Crippen LogP contribution in [-0.4, -0.2) is 11.9 Å². The predicted octanol–water partition coefficient (Wildman–Crippen LogP) is 3.94. The van der Waals surface area contributed by atoms with E-state index in [0.29, 0.717) is 10.6 Å². The molecule has 118 valence electrons. The minimum absolute atomic E-state index is 0.127. The Kier molecular flexibility index (Phi) is 4.63. The minimum Gasteiger partial charge on any atom is -0.374 e. The number of amides is 1. The lowest BCUT2D eigenvalue weighted by molar-refractivity contribution is -0.116. The summed E-state index contributed by atoms with van der Waals surface area (Å²) in [6.45, 7) is 1.84. The van der Waals surface area contributed by atoms with Gasteiger partial charge in [0.25, 0.3) is 0 Å². The summed E-state index contributed by atoms with van der Waals surface area (Å²) in [6.07, 6.45) is 4.62. The zero-order chi connectivity index (χ0) is 16.2. The highest BCUT2D eigenvalue weighted by Crippen LogP contribution is 2.28. The van der Waals surface area contributed by atoms with E-state index in [1.165, 1.54) is 35.3 Å². The van der Waals surface area contributed by atoms with Gasteiger partial charge in [-0.2, -0.15) is 5.26 Å². The number of fused-ring (bicyclic) bond motifs is 1. The van der Waals surface area contributed by atoms with E-state index in [1.54, 1.807) is 11.4 Å². The van der Waals surface area contributed by atoms with Crippen molar-refractivity contribution in [2.45, 2.75) is 38.6 Å².